The van der Waals surface area contributed by atoms with Crippen molar-refractivity contribution in [1.82, 2.24) is 4.90 Å². The normalized spacial score (nSPS) is 16.9. The van der Waals surface area contributed by atoms with Gasteiger partial charge in [-0.25, -0.2) is 0 Å². The summed E-state index contributed by atoms with van der Waals surface area (Å²) in [7, 11) is 0. The van der Waals surface area contributed by atoms with Crippen LogP contribution < -0.4 is 4.90 Å². The van der Waals surface area contributed by atoms with Crippen LogP contribution in [0.25, 0.3) is 0 Å². The molecule has 0 aromatic heterocycles. The Morgan fingerprint density at radius 1 is 1.10 bits per heavy atom. The summed E-state index contributed by atoms with van der Waals surface area (Å²) in [5, 5.41) is 13.0. The fraction of sp³-hybridized carbons (Fsp3) is 0.433. The Hall–Kier alpha value is -2.42. The van der Waals surface area contributed by atoms with Crippen LogP contribution in [0.4, 0.5) is 10.1 Å². The summed E-state index contributed by atoms with van der Waals surface area (Å²) in [4.78, 5) is 52.5. The molecule has 1 amide bonds. The summed E-state index contributed by atoms with van der Waals surface area (Å²) in [5.41, 5.74) is 3.24. The molecule has 0 spiro atoms. The summed E-state index contributed by atoms with van der Waals surface area (Å²) >= 11 is -0.471. The number of alkyl halides is 1. The van der Waals surface area contributed by atoms with Gasteiger partial charge in [0, 0.05) is 6.92 Å². The standard InChI is InChI=1S/C30H34FI2N3O5/c1-5-19-13-26-23(29(38)24(30(39)40)15-33(26)27(16-34-41)17(2)3)12-20(19)10-21-11-22(14-25(32)28(21)31)36-8-6-35(7-9-36)18(4)37/h11-15,17,27H,5-10,16H2,1-4H3,(H,39,40)/t27-/m1/s1. The maximum atomic E-state index is 15.5. The van der Waals surface area contributed by atoms with Crippen molar-refractivity contribution in [2.24, 2.45) is 11.1 Å². The van der Waals surface area contributed by atoms with Crippen LogP contribution in [0, 0.1) is 23.8 Å². The quantitative estimate of drug-likeness (QED) is 0.147. The minimum absolute atomic E-state index is 0.0433. The number of rotatable bonds is 9. The van der Waals surface area contributed by atoms with Gasteiger partial charge in [0.25, 0.3) is 0 Å². The van der Waals surface area contributed by atoms with E-state index in [-0.39, 0.29) is 40.1 Å². The Kier molecular flexibility index (Phi) is 10.2. The van der Waals surface area contributed by atoms with Crippen LogP contribution >= 0.6 is 42.4 Å². The van der Waals surface area contributed by atoms with Gasteiger partial charge in [0.15, 0.2) is 0 Å². The number of carbonyl (C=O) groups excluding carboxylic acids is 2. The van der Waals surface area contributed by atoms with Gasteiger partial charge in [-0.05, 0) is 0 Å². The number of nitroso groups, excluding NO2 is 1. The molecule has 11 heteroatoms. The molecule has 8 nitrogen and oxygen atoms in total. The van der Waals surface area contributed by atoms with Crippen molar-refractivity contribution in [3.05, 3.63) is 74.0 Å². The number of carbonyl (C=O) groups is 3. The molecule has 2 aliphatic rings. The number of ketones is 1. The first-order valence-electron chi connectivity index (χ1n) is 13.6. The third kappa shape index (κ3) is 6.65. The topological polar surface area (TPSA) is 107 Å². The number of Topliss-reactive ketones (excluding diaryl/α,β-unsaturated/α-hetero) is 1. The van der Waals surface area contributed by atoms with Crippen LogP contribution in [-0.4, -0.2) is 64.3 Å². The Bertz CT molecular complexity index is 1420. The first-order valence-corrected chi connectivity index (χ1v) is 18.2. The molecule has 1 fully saturated rings. The predicted octanol–water partition coefficient (Wildman–Crippen LogP) is 5.88. The number of amides is 1. The number of carboxylic acid groups (broad SMARTS) is 1. The van der Waals surface area contributed by atoms with Crippen molar-refractivity contribution in [2.45, 2.75) is 44.5 Å². The average Bonchev–Trinajstić information content (AvgIpc) is 2.94. The van der Waals surface area contributed by atoms with Crippen molar-refractivity contribution in [2.75, 3.05) is 37.6 Å². The summed E-state index contributed by atoms with van der Waals surface area (Å²) in [6.45, 7) is 10.1. The Morgan fingerprint density at radius 2 is 1.78 bits per heavy atom. The molecule has 4 rings (SSSR count). The molecule has 41 heavy (non-hydrogen) atoms. The predicted molar refractivity (Wildman–Crippen MR) is 174 cm³/mol. The zero-order valence-corrected chi connectivity index (χ0v) is 27.9. The second-order valence-electron chi connectivity index (χ2n) is 10.6. The average molecular weight is 789 g/mol. The van der Waals surface area contributed by atoms with E-state index in [4.69, 9.17) is 0 Å². The SMILES string of the molecule is CCc1cc2c(cc1Cc1cc(N3CCN(C(C)=O)CC3)cc(I)c1F)C(=O)C(C(=O)O)=CI2[C@H](CN=O)C(C)C. The van der Waals surface area contributed by atoms with Gasteiger partial charge >= 0.3 is 244 Å². The number of piperazine rings is 1. The van der Waals surface area contributed by atoms with E-state index in [2.05, 4.69) is 10.1 Å². The maximum absolute atomic E-state index is 15.5. The molecule has 1 saturated heterocycles. The molecular formula is C30H34FI2N3O5. The molecule has 1 atom stereocenters. The van der Waals surface area contributed by atoms with E-state index in [0.717, 1.165) is 20.4 Å². The molecule has 1 N–H and O–H groups in total. The number of anilines is 1. The first kappa shape index (κ1) is 31.5. The molecule has 2 aromatic carbocycles. The number of aliphatic carboxylic acids is 1. The summed E-state index contributed by atoms with van der Waals surface area (Å²) < 4.78 is 18.3. The first-order chi connectivity index (χ1) is 19.5. The second kappa shape index (κ2) is 13.3. The molecule has 0 saturated carbocycles. The summed E-state index contributed by atoms with van der Waals surface area (Å²) in [6, 6.07) is 7.41. The number of hydrogen-bond acceptors (Lipinski definition) is 6. The molecular weight excluding hydrogens is 755 g/mol. The van der Waals surface area contributed by atoms with Crippen molar-refractivity contribution in [3.63, 3.8) is 0 Å². The van der Waals surface area contributed by atoms with Crippen LogP contribution in [0.5, 0.6) is 0 Å². The number of benzene rings is 2. The number of nitrogens with zero attached hydrogens (tertiary/aromatic N) is 3. The van der Waals surface area contributed by atoms with Crippen LogP contribution in [0.15, 0.2) is 39.1 Å². The van der Waals surface area contributed by atoms with Crippen LogP contribution in [-0.2, 0) is 22.4 Å². The van der Waals surface area contributed by atoms with Gasteiger partial charge in [0.2, 0.25) is 5.91 Å². The molecule has 2 aromatic rings. The molecule has 0 aliphatic carbocycles. The van der Waals surface area contributed by atoms with Crippen molar-refractivity contribution >= 4 is 65.8 Å². The van der Waals surface area contributed by atoms with Gasteiger partial charge in [-0.15, -0.1) is 0 Å². The summed E-state index contributed by atoms with van der Waals surface area (Å²) in [6.07, 6.45) is 0.899. The van der Waals surface area contributed by atoms with Crippen LogP contribution in [0.3, 0.4) is 0 Å². The minimum atomic E-state index is -2.47. The van der Waals surface area contributed by atoms with Crippen LogP contribution in [0.2, 0.25) is 0 Å². The van der Waals surface area contributed by atoms with E-state index >= 15 is 4.39 Å². The van der Waals surface area contributed by atoms with Gasteiger partial charge in [0.1, 0.15) is 0 Å². The van der Waals surface area contributed by atoms with E-state index in [9.17, 15) is 24.4 Å². The van der Waals surface area contributed by atoms with E-state index < -0.39 is 31.6 Å². The fourth-order valence-electron chi connectivity index (χ4n) is 5.31. The Balaban J connectivity index is 1.75. The van der Waals surface area contributed by atoms with Gasteiger partial charge in [-0.3, -0.25) is 4.79 Å². The third-order valence-electron chi connectivity index (χ3n) is 7.69. The van der Waals surface area contributed by atoms with Gasteiger partial charge in [-0.1, -0.05) is 0 Å². The third-order valence-corrected chi connectivity index (χ3v) is 15.6. The van der Waals surface area contributed by atoms with Crippen molar-refractivity contribution < 1.29 is 23.9 Å². The molecule has 2 heterocycles. The Labute approximate surface area is 260 Å². The number of carboxylic acids is 1. The fourth-order valence-corrected chi connectivity index (χ4v) is 12.8. The Morgan fingerprint density at radius 3 is 2.34 bits per heavy atom. The van der Waals surface area contributed by atoms with Gasteiger partial charge in [-0.2, -0.15) is 0 Å². The zero-order valence-electron chi connectivity index (χ0n) is 23.5. The number of hydrogen-bond donors (Lipinski definition) is 1. The van der Waals surface area contributed by atoms with Gasteiger partial charge in [0.05, 0.1) is 0 Å². The number of halogens is 3. The molecule has 0 unspecified atom stereocenters. The number of aryl methyl sites for hydroxylation is 1. The van der Waals surface area contributed by atoms with Gasteiger partial charge < -0.3 is 0 Å². The van der Waals surface area contributed by atoms with E-state index in [1.54, 1.807) is 22.0 Å². The number of fused-ring (bicyclic) bond motifs is 1. The van der Waals surface area contributed by atoms with E-state index in [0.29, 0.717) is 47.3 Å². The second-order valence-corrected chi connectivity index (χ2v) is 17.1. The molecule has 220 valence electrons. The van der Waals surface area contributed by atoms with Crippen molar-refractivity contribution in [3.8, 4) is 0 Å². The molecule has 0 bridgehead atoms. The molecule has 2 aliphatic heterocycles. The monoisotopic (exact) mass is 789 g/mol. The van der Waals surface area contributed by atoms with Crippen molar-refractivity contribution in [1.29, 1.82) is 0 Å². The summed E-state index contributed by atoms with van der Waals surface area (Å²) in [5.74, 6) is -2.00. The molecule has 0 radical (unpaired) electrons. The zero-order chi connectivity index (χ0) is 30.0. The van der Waals surface area contributed by atoms with Crippen LogP contribution in [0.1, 0.15) is 54.7 Å². The van der Waals surface area contributed by atoms with E-state index in [1.165, 1.54) is 0 Å². The van der Waals surface area contributed by atoms with E-state index in [1.807, 2.05) is 61.6 Å².